The molecule has 0 aliphatic carbocycles. The topological polar surface area (TPSA) is 172 Å². The lowest BCUT2D eigenvalue weighted by molar-refractivity contribution is 0.312. The molecule has 5 aromatic carbocycles. The Morgan fingerprint density at radius 1 is 0.571 bits per heavy atom. The van der Waals surface area contributed by atoms with Crippen molar-refractivity contribution in [2.24, 2.45) is 0 Å². The van der Waals surface area contributed by atoms with Gasteiger partial charge in [-0.2, -0.15) is 18.6 Å². The number of sulfone groups is 2. The van der Waals surface area contributed by atoms with Gasteiger partial charge in [-0.25, -0.2) is 16.8 Å². The summed E-state index contributed by atoms with van der Waals surface area (Å²) in [6.45, 7) is 2.90. The van der Waals surface area contributed by atoms with E-state index in [1.54, 1.807) is 72.8 Å². The number of aryl methyl sites for hydroxylation is 3. The second kappa shape index (κ2) is 17.3. The molecule has 0 bridgehead atoms. The Morgan fingerprint density at radius 2 is 1.04 bits per heavy atom. The first-order chi connectivity index (χ1) is 26.8. The molecule has 0 fully saturated rings. The van der Waals surface area contributed by atoms with Gasteiger partial charge in [0.05, 0.1) is 32.3 Å². The van der Waals surface area contributed by atoms with Crippen LogP contribution >= 0.6 is 0 Å². The van der Waals surface area contributed by atoms with E-state index >= 15 is 0 Å². The average molecular weight is 814 g/mol. The van der Waals surface area contributed by atoms with Crippen LogP contribution in [0.2, 0.25) is 0 Å². The predicted octanol–water partition coefficient (Wildman–Crippen LogP) is 6.93. The molecule has 15 heteroatoms. The van der Waals surface area contributed by atoms with Gasteiger partial charge in [0, 0.05) is 10.8 Å². The Bertz CT molecular complexity index is 2750. The molecule has 0 unspecified atom stereocenters. The lowest BCUT2D eigenvalue weighted by Gasteiger charge is -2.09. The first-order valence-electron chi connectivity index (χ1n) is 17.9. The van der Waals surface area contributed by atoms with Crippen LogP contribution in [0.4, 0.5) is 0 Å². The van der Waals surface area contributed by atoms with Crippen LogP contribution in [0.5, 0.6) is 0 Å². The maximum Gasteiger partial charge on any atom is 0.296 e. The van der Waals surface area contributed by atoms with Crippen LogP contribution in [-0.2, 0) is 46.8 Å². The highest BCUT2D eigenvalue weighted by atomic mass is 32.2. The molecule has 2 aromatic heterocycles. The van der Waals surface area contributed by atoms with Crippen molar-refractivity contribution < 1.29 is 29.4 Å². The predicted molar refractivity (Wildman–Crippen MR) is 215 cm³/mol. The van der Waals surface area contributed by atoms with E-state index in [2.05, 4.69) is 25.3 Å². The SMILES string of the molecule is CN(C)CCCc1ccc2n[nH]c(S(=O)(=O)c3ccccc3)c2c1.Cc1ccc(S(=O)(=O)OCCCc2ccc3n[nH]c(S(=O)(=O)c4ccccc4)c3c2)cc1. The summed E-state index contributed by atoms with van der Waals surface area (Å²) >= 11 is 0. The van der Waals surface area contributed by atoms with Crippen LogP contribution in [-0.4, -0.2) is 77.8 Å². The maximum atomic E-state index is 13.0. The third-order valence-corrected chi connectivity index (χ3v) is 13.8. The molecule has 0 amide bonds. The van der Waals surface area contributed by atoms with E-state index in [0.717, 1.165) is 36.1 Å². The van der Waals surface area contributed by atoms with Gasteiger partial charge in [0.15, 0.2) is 10.1 Å². The Balaban J connectivity index is 0.000000198. The smallest absolute Gasteiger partial charge is 0.296 e. The summed E-state index contributed by atoms with van der Waals surface area (Å²) in [7, 11) is -7.06. The van der Waals surface area contributed by atoms with E-state index < -0.39 is 29.8 Å². The number of fused-ring (bicyclic) bond motifs is 2. The van der Waals surface area contributed by atoms with Crippen LogP contribution in [0.15, 0.2) is 146 Å². The van der Waals surface area contributed by atoms with E-state index in [4.69, 9.17) is 4.18 Å². The Morgan fingerprint density at radius 3 is 1.50 bits per heavy atom. The average Bonchev–Trinajstić information content (AvgIpc) is 3.83. The zero-order valence-corrected chi connectivity index (χ0v) is 33.7. The monoisotopic (exact) mass is 813 g/mol. The van der Waals surface area contributed by atoms with Gasteiger partial charge in [0.2, 0.25) is 19.7 Å². The van der Waals surface area contributed by atoms with Gasteiger partial charge in [-0.1, -0.05) is 66.2 Å². The largest absolute Gasteiger partial charge is 0.309 e. The minimum absolute atomic E-state index is 0.0226. The number of benzene rings is 5. The molecule has 12 nitrogen and oxygen atoms in total. The molecule has 0 spiro atoms. The number of hydrogen-bond acceptors (Lipinski definition) is 10. The van der Waals surface area contributed by atoms with E-state index in [1.165, 1.54) is 24.3 Å². The molecule has 0 saturated carbocycles. The van der Waals surface area contributed by atoms with Gasteiger partial charge >= 0.3 is 0 Å². The lowest BCUT2D eigenvalue weighted by Crippen LogP contribution is -2.13. The zero-order chi connectivity index (χ0) is 39.9. The summed E-state index contributed by atoms with van der Waals surface area (Å²) in [6.07, 6.45) is 2.91. The number of H-pyrrole nitrogens is 2. The number of aromatic amines is 2. The van der Waals surface area contributed by atoms with Crippen molar-refractivity contribution in [3.05, 3.63) is 138 Å². The molecule has 7 rings (SSSR count). The third-order valence-electron chi connectivity index (χ3n) is 9.04. The summed E-state index contributed by atoms with van der Waals surface area (Å²) in [4.78, 5) is 2.72. The molecular formula is C41H43N5O7S3. The Kier molecular flexibility index (Phi) is 12.5. The number of rotatable bonds is 14. The third kappa shape index (κ3) is 9.42. The van der Waals surface area contributed by atoms with Crippen molar-refractivity contribution >= 4 is 51.6 Å². The lowest BCUT2D eigenvalue weighted by atomic mass is 10.1. The summed E-state index contributed by atoms with van der Waals surface area (Å²) in [6, 6.07) is 34.3. The minimum Gasteiger partial charge on any atom is -0.309 e. The highest BCUT2D eigenvalue weighted by Crippen LogP contribution is 2.29. The Labute approximate surface area is 327 Å². The minimum atomic E-state index is -3.81. The molecule has 2 heterocycles. The van der Waals surface area contributed by atoms with Crippen LogP contribution < -0.4 is 0 Å². The van der Waals surface area contributed by atoms with Crippen molar-refractivity contribution in [2.45, 2.75) is 57.3 Å². The van der Waals surface area contributed by atoms with E-state index in [1.807, 2.05) is 45.3 Å². The van der Waals surface area contributed by atoms with Crippen molar-refractivity contribution in [1.29, 1.82) is 0 Å². The fourth-order valence-electron chi connectivity index (χ4n) is 6.04. The molecule has 0 aliphatic rings. The number of hydrogen-bond donors (Lipinski definition) is 2. The standard InChI is InChI=1S/C23H22N2O5S2.C18H21N3O2S/c1-17-9-12-20(13-10-17)32(28,29)30-15-5-6-18-11-14-22-21(16-18)23(25-24-22)31(26,27)19-7-3-2-4-8-19;1-21(2)12-6-7-14-10-11-17-16(13-14)18(20-19-17)24(22,23)15-8-4-3-5-9-15/h2-4,7-14,16H,5-6,15H2,1H3,(H,24,25);3-5,8-11,13H,6-7,12H2,1-2H3,(H,19,20). The molecule has 7 aromatic rings. The molecule has 56 heavy (non-hydrogen) atoms. The molecule has 292 valence electrons. The quantitative estimate of drug-likeness (QED) is 0.0866. The summed E-state index contributed by atoms with van der Waals surface area (Å²) in [5.41, 5.74) is 4.16. The van der Waals surface area contributed by atoms with Crippen LogP contribution in [0.3, 0.4) is 0 Å². The van der Waals surface area contributed by atoms with Crippen LogP contribution in [0.1, 0.15) is 29.5 Å². The highest BCUT2D eigenvalue weighted by molar-refractivity contribution is 7.92. The second-order valence-electron chi connectivity index (χ2n) is 13.5. The fourth-order valence-corrected chi connectivity index (χ4v) is 9.72. The van der Waals surface area contributed by atoms with Gasteiger partial charge in [-0.15, -0.1) is 0 Å². The van der Waals surface area contributed by atoms with Crippen LogP contribution in [0.25, 0.3) is 21.8 Å². The number of nitrogens with zero attached hydrogens (tertiary/aromatic N) is 3. The van der Waals surface area contributed by atoms with Gasteiger partial charge in [-0.05, 0) is 125 Å². The summed E-state index contributed by atoms with van der Waals surface area (Å²) < 4.78 is 81.4. The molecular weight excluding hydrogens is 771 g/mol. The maximum absolute atomic E-state index is 13.0. The molecule has 0 saturated heterocycles. The molecule has 0 radical (unpaired) electrons. The van der Waals surface area contributed by atoms with Crippen molar-refractivity contribution in [3.63, 3.8) is 0 Å². The van der Waals surface area contributed by atoms with Crippen molar-refractivity contribution in [1.82, 2.24) is 25.3 Å². The molecule has 0 atom stereocenters. The number of nitrogens with one attached hydrogen (secondary N) is 2. The first-order valence-corrected chi connectivity index (χ1v) is 22.3. The summed E-state index contributed by atoms with van der Waals surface area (Å²) in [5.74, 6) is 0. The van der Waals surface area contributed by atoms with E-state index in [0.29, 0.717) is 34.6 Å². The van der Waals surface area contributed by atoms with Crippen molar-refractivity contribution in [3.8, 4) is 0 Å². The molecule has 0 aliphatic heterocycles. The van der Waals surface area contributed by atoms with Gasteiger partial charge in [-0.3, -0.25) is 14.4 Å². The van der Waals surface area contributed by atoms with E-state index in [9.17, 15) is 25.3 Å². The fraction of sp³-hybridized carbons (Fsp3) is 0.220. The van der Waals surface area contributed by atoms with Crippen molar-refractivity contribution in [2.75, 3.05) is 27.2 Å². The van der Waals surface area contributed by atoms with Gasteiger partial charge in [0.1, 0.15) is 0 Å². The van der Waals surface area contributed by atoms with Crippen LogP contribution in [0, 0.1) is 6.92 Å². The normalized spacial score (nSPS) is 12.2. The van der Waals surface area contributed by atoms with Gasteiger partial charge in [0.25, 0.3) is 10.1 Å². The zero-order valence-electron chi connectivity index (χ0n) is 31.2. The first kappa shape index (κ1) is 40.5. The highest BCUT2D eigenvalue weighted by Gasteiger charge is 2.24. The summed E-state index contributed by atoms with van der Waals surface area (Å²) in [5, 5.41) is 15.0. The van der Waals surface area contributed by atoms with E-state index in [-0.39, 0.29) is 31.3 Å². The Hall–Kier alpha value is -5.19. The molecule has 2 N–H and O–H groups in total. The number of aromatic nitrogens is 4. The van der Waals surface area contributed by atoms with Gasteiger partial charge < -0.3 is 4.90 Å². The second-order valence-corrected chi connectivity index (χ2v) is 18.9.